The van der Waals surface area contributed by atoms with E-state index in [9.17, 15) is 0 Å². The van der Waals surface area contributed by atoms with Crippen LogP contribution in [-0.4, -0.2) is 15.0 Å². The molecule has 2 aromatic heterocycles. The van der Waals surface area contributed by atoms with Gasteiger partial charge in [0.15, 0.2) is 23.1 Å². The smallest absolute Gasteiger partial charge is 0.165 e. The van der Waals surface area contributed by atoms with E-state index in [-0.39, 0.29) is 0 Å². The van der Waals surface area contributed by atoms with Gasteiger partial charge in [0.25, 0.3) is 0 Å². The molecule has 170 valence electrons. The number of rotatable bonds is 3. The molecule has 0 radical (unpaired) electrons. The minimum Gasteiger partial charge on any atom is -0.454 e. The van der Waals surface area contributed by atoms with Gasteiger partial charge in [0, 0.05) is 27.5 Å². The lowest BCUT2D eigenvalue weighted by molar-refractivity contribution is 0.669. The van der Waals surface area contributed by atoms with E-state index < -0.39 is 0 Å². The van der Waals surface area contributed by atoms with Crippen molar-refractivity contribution in [2.75, 3.05) is 0 Å². The Hall–Kier alpha value is -4.54. The molecule has 0 fully saturated rings. The third-order valence-corrected chi connectivity index (χ3v) is 6.78. The van der Waals surface area contributed by atoms with Gasteiger partial charge in [-0.2, -0.15) is 0 Å². The summed E-state index contributed by atoms with van der Waals surface area (Å²) in [5, 5.41) is 4.76. The van der Waals surface area contributed by atoms with Crippen LogP contribution in [0.1, 0.15) is 0 Å². The third-order valence-electron chi connectivity index (χ3n) is 6.40. The highest BCUT2D eigenvalue weighted by molar-refractivity contribution is 6.38. The van der Waals surface area contributed by atoms with Crippen LogP contribution in [0.25, 0.3) is 66.9 Å². The Kier molecular flexibility index (Phi) is 4.79. The lowest BCUT2D eigenvalue weighted by Gasteiger charge is -2.10. The average molecular weight is 484 g/mol. The zero-order chi connectivity index (χ0) is 24.1. The summed E-state index contributed by atoms with van der Waals surface area (Å²) < 4.78 is 6.12. The number of hydrogen-bond donors (Lipinski definition) is 0. The number of para-hydroxylation sites is 1. The second-order valence-electron chi connectivity index (χ2n) is 8.64. The highest BCUT2D eigenvalue weighted by Gasteiger charge is 2.18. The minimum absolute atomic E-state index is 0.485. The maximum absolute atomic E-state index is 6.93. The molecule has 0 bridgehead atoms. The molecule has 5 aromatic carbocycles. The summed E-state index contributed by atoms with van der Waals surface area (Å²) in [5.41, 5.74) is 3.94. The highest BCUT2D eigenvalue weighted by atomic mass is 35.5. The van der Waals surface area contributed by atoms with Crippen LogP contribution in [0.2, 0.25) is 5.02 Å². The maximum atomic E-state index is 6.93. The van der Waals surface area contributed by atoms with Crippen LogP contribution in [0.4, 0.5) is 0 Å². The van der Waals surface area contributed by atoms with Gasteiger partial charge in [0.2, 0.25) is 0 Å². The van der Waals surface area contributed by atoms with E-state index in [1.165, 1.54) is 0 Å². The summed E-state index contributed by atoms with van der Waals surface area (Å²) in [7, 11) is 0. The molecule has 0 aliphatic rings. The van der Waals surface area contributed by atoms with Crippen LogP contribution in [0.3, 0.4) is 0 Å². The molecule has 0 saturated carbocycles. The Morgan fingerprint density at radius 1 is 0.528 bits per heavy atom. The van der Waals surface area contributed by atoms with Gasteiger partial charge in [-0.25, -0.2) is 15.0 Å². The van der Waals surface area contributed by atoms with E-state index in [1.807, 2.05) is 84.9 Å². The number of furan rings is 1. The zero-order valence-electron chi connectivity index (χ0n) is 19.0. The summed E-state index contributed by atoms with van der Waals surface area (Å²) in [4.78, 5) is 14.6. The molecule has 0 aliphatic heterocycles. The molecule has 7 rings (SSSR count). The number of hydrogen-bond acceptors (Lipinski definition) is 4. The third kappa shape index (κ3) is 3.43. The number of fused-ring (bicyclic) bond motifs is 4. The Morgan fingerprint density at radius 2 is 1.22 bits per heavy atom. The Labute approximate surface area is 211 Å². The van der Waals surface area contributed by atoms with Gasteiger partial charge in [-0.05, 0) is 35.0 Å². The first-order valence-corrected chi connectivity index (χ1v) is 12.0. The molecule has 0 saturated heterocycles. The van der Waals surface area contributed by atoms with Crippen LogP contribution < -0.4 is 0 Å². The predicted octanol–water partition coefficient (Wildman–Crippen LogP) is 8.58. The van der Waals surface area contributed by atoms with E-state index in [1.54, 1.807) is 0 Å². The fraction of sp³-hybridized carbons (Fsp3) is 0. The molecule has 4 nitrogen and oxygen atoms in total. The molecule has 2 heterocycles. The largest absolute Gasteiger partial charge is 0.454 e. The topological polar surface area (TPSA) is 51.8 Å². The van der Waals surface area contributed by atoms with E-state index >= 15 is 0 Å². The van der Waals surface area contributed by atoms with Crippen molar-refractivity contribution in [1.29, 1.82) is 0 Å². The Morgan fingerprint density at radius 3 is 2.08 bits per heavy atom. The normalized spacial score (nSPS) is 11.5. The van der Waals surface area contributed by atoms with Crippen molar-refractivity contribution in [3.63, 3.8) is 0 Å². The van der Waals surface area contributed by atoms with Gasteiger partial charge in [0.1, 0.15) is 5.58 Å². The Bertz CT molecular complexity index is 1910. The molecule has 0 amide bonds. The summed E-state index contributed by atoms with van der Waals surface area (Å²) in [6.07, 6.45) is 0. The van der Waals surface area contributed by atoms with Crippen LogP contribution in [0, 0.1) is 0 Å². The summed E-state index contributed by atoms with van der Waals surface area (Å²) in [5.74, 6) is 1.68. The molecule has 0 N–H and O–H groups in total. The van der Waals surface area contributed by atoms with Gasteiger partial charge >= 0.3 is 0 Å². The molecule has 5 heteroatoms. The lowest BCUT2D eigenvalue weighted by atomic mass is 10.1. The minimum atomic E-state index is 0.485. The lowest BCUT2D eigenvalue weighted by Crippen LogP contribution is -2.00. The van der Waals surface area contributed by atoms with Crippen molar-refractivity contribution in [2.24, 2.45) is 0 Å². The van der Waals surface area contributed by atoms with Gasteiger partial charge in [-0.1, -0.05) is 96.5 Å². The van der Waals surface area contributed by atoms with E-state index in [2.05, 4.69) is 24.3 Å². The molecule has 0 atom stereocenters. The summed E-state index contributed by atoms with van der Waals surface area (Å²) in [6, 6.07) is 36.3. The van der Waals surface area contributed by atoms with Crippen molar-refractivity contribution in [1.82, 2.24) is 15.0 Å². The number of nitrogens with zero attached hydrogens (tertiary/aromatic N) is 3. The second kappa shape index (κ2) is 8.29. The first-order valence-electron chi connectivity index (χ1n) is 11.7. The zero-order valence-corrected chi connectivity index (χ0v) is 19.8. The molecular formula is C31H18ClN3O. The van der Waals surface area contributed by atoms with E-state index in [0.717, 1.165) is 38.3 Å². The fourth-order valence-electron chi connectivity index (χ4n) is 4.60. The molecular weight excluding hydrogens is 466 g/mol. The number of benzene rings is 5. The Balaban J connectivity index is 1.46. The molecule has 0 spiro atoms. The maximum Gasteiger partial charge on any atom is 0.165 e. The number of halogens is 1. The fourth-order valence-corrected chi connectivity index (χ4v) is 4.89. The molecule has 0 aliphatic carbocycles. The van der Waals surface area contributed by atoms with E-state index in [0.29, 0.717) is 33.6 Å². The molecule has 36 heavy (non-hydrogen) atoms. The average Bonchev–Trinajstić information content (AvgIpc) is 3.33. The first-order chi connectivity index (χ1) is 17.7. The van der Waals surface area contributed by atoms with Crippen molar-refractivity contribution in [3.05, 3.63) is 114 Å². The van der Waals surface area contributed by atoms with Gasteiger partial charge in [0.05, 0.1) is 5.02 Å². The standard InChI is InChI=1S/C31H18ClN3O/c32-27-25(17-16-24-23-12-6-7-13-26(23)36-28(24)27)31-34-29(20-9-2-1-3-10-20)33-30(35-31)22-15-14-19-8-4-5-11-21(19)18-22/h1-18H. The van der Waals surface area contributed by atoms with Crippen molar-refractivity contribution in [2.45, 2.75) is 0 Å². The van der Waals surface area contributed by atoms with Crippen LogP contribution in [0.15, 0.2) is 114 Å². The first kappa shape index (κ1) is 20.8. The van der Waals surface area contributed by atoms with Crippen molar-refractivity contribution in [3.8, 4) is 34.2 Å². The highest BCUT2D eigenvalue weighted by Crippen LogP contribution is 2.39. The monoisotopic (exact) mass is 483 g/mol. The quantitative estimate of drug-likeness (QED) is 0.252. The van der Waals surface area contributed by atoms with E-state index in [4.69, 9.17) is 31.0 Å². The molecule has 0 unspecified atom stereocenters. The van der Waals surface area contributed by atoms with Gasteiger partial charge < -0.3 is 4.42 Å². The van der Waals surface area contributed by atoms with Gasteiger partial charge in [-0.3, -0.25) is 0 Å². The van der Waals surface area contributed by atoms with Crippen LogP contribution >= 0.6 is 11.6 Å². The van der Waals surface area contributed by atoms with Crippen molar-refractivity contribution < 1.29 is 4.42 Å². The SMILES string of the molecule is Clc1c(-c2nc(-c3ccccc3)nc(-c3ccc4ccccc4c3)n2)ccc2c1oc1ccccc12. The number of aromatic nitrogens is 3. The van der Waals surface area contributed by atoms with Gasteiger partial charge in [-0.15, -0.1) is 0 Å². The predicted molar refractivity (Wildman–Crippen MR) is 146 cm³/mol. The summed E-state index contributed by atoms with van der Waals surface area (Å²) >= 11 is 6.93. The van der Waals surface area contributed by atoms with Crippen LogP contribution in [0.5, 0.6) is 0 Å². The van der Waals surface area contributed by atoms with Crippen LogP contribution in [-0.2, 0) is 0 Å². The van der Waals surface area contributed by atoms with Crippen molar-refractivity contribution >= 4 is 44.3 Å². The molecule has 7 aromatic rings. The second-order valence-corrected chi connectivity index (χ2v) is 9.01. The summed E-state index contributed by atoms with van der Waals surface area (Å²) in [6.45, 7) is 0.